The maximum atomic E-state index is 11.2. The monoisotopic (exact) mass is 297 g/mol. The van der Waals surface area contributed by atoms with E-state index in [1.165, 1.54) is 18.2 Å². The molecule has 0 saturated carbocycles. The van der Waals surface area contributed by atoms with Crippen molar-refractivity contribution in [3.05, 3.63) is 53.2 Å². The highest BCUT2D eigenvalue weighted by atomic mass is 16.5. The molecule has 0 atom stereocenters. The van der Waals surface area contributed by atoms with Crippen LogP contribution in [-0.2, 0) is 28.9 Å². The minimum atomic E-state index is -0.232. The highest BCUT2D eigenvalue weighted by molar-refractivity contribution is 5.72. The molecule has 5 heteroatoms. The fourth-order valence-electron chi connectivity index (χ4n) is 2.52. The van der Waals surface area contributed by atoms with Crippen LogP contribution in [0.1, 0.15) is 16.7 Å². The average molecular weight is 297 g/mol. The molecule has 1 aromatic carbocycles. The lowest BCUT2D eigenvalue weighted by Crippen LogP contribution is -2.23. The first-order chi connectivity index (χ1) is 10.7. The van der Waals surface area contributed by atoms with Gasteiger partial charge in [0.1, 0.15) is 5.82 Å². The van der Waals surface area contributed by atoms with E-state index >= 15 is 0 Å². The normalized spacial score (nSPS) is 13.3. The van der Waals surface area contributed by atoms with Gasteiger partial charge >= 0.3 is 5.97 Å². The fraction of sp³-hybridized carbons (Fsp3) is 0.294. The van der Waals surface area contributed by atoms with Crippen LogP contribution in [0.3, 0.4) is 0 Å². The Balaban J connectivity index is 1.69. The molecular formula is C17H19N3O2. The summed E-state index contributed by atoms with van der Waals surface area (Å²) in [6, 6.07) is 9.80. The van der Waals surface area contributed by atoms with E-state index in [0.717, 1.165) is 36.6 Å². The Morgan fingerprint density at radius 3 is 2.91 bits per heavy atom. The number of anilines is 2. The van der Waals surface area contributed by atoms with Crippen LogP contribution in [0.15, 0.2) is 36.5 Å². The summed E-state index contributed by atoms with van der Waals surface area (Å²) >= 11 is 0. The van der Waals surface area contributed by atoms with E-state index in [4.69, 9.17) is 0 Å². The number of ether oxygens (including phenoxy) is 1. The van der Waals surface area contributed by atoms with Crippen molar-refractivity contribution >= 4 is 17.5 Å². The summed E-state index contributed by atoms with van der Waals surface area (Å²) < 4.78 is 4.66. The lowest BCUT2D eigenvalue weighted by atomic mass is 10.0. The third kappa shape index (κ3) is 3.43. The second-order valence-electron chi connectivity index (χ2n) is 5.34. The molecule has 2 heterocycles. The van der Waals surface area contributed by atoms with Crippen molar-refractivity contribution < 1.29 is 9.53 Å². The van der Waals surface area contributed by atoms with Gasteiger partial charge in [-0.15, -0.1) is 0 Å². The topological polar surface area (TPSA) is 63.2 Å². The van der Waals surface area contributed by atoms with Gasteiger partial charge in [-0.3, -0.25) is 4.79 Å². The zero-order valence-electron chi connectivity index (χ0n) is 12.6. The zero-order chi connectivity index (χ0) is 15.4. The van der Waals surface area contributed by atoms with Crippen LogP contribution >= 0.6 is 0 Å². The molecule has 22 heavy (non-hydrogen) atoms. The first-order valence-corrected chi connectivity index (χ1v) is 7.36. The predicted molar refractivity (Wildman–Crippen MR) is 85.1 cm³/mol. The van der Waals surface area contributed by atoms with Gasteiger partial charge in [-0.05, 0) is 47.9 Å². The summed E-state index contributed by atoms with van der Waals surface area (Å²) in [5, 5.41) is 6.66. The van der Waals surface area contributed by atoms with E-state index in [0.29, 0.717) is 6.42 Å². The molecule has 114 valence electrons. The molecule has 2 N–H and O–H groups in total. The Labute approximate surface area is 129 Å². The summed E-state index contributed by atoms with van der Waals surface area (Å²) in [6.07, 6.45) is 3.27. The van der Waals surface area contributed by atoms with Crippen LogP contribution in [0.4, 0.5) is 11.5 Å². The SMILES string of the molecule is COC(=O)Cc1ccc(Nc2cc3c(cn2)CCNC3)cc1. The van der Waals surface area contributed by atoms with Gasteiger partial charge in [0, 0.05) is 18.4 Å². The number of nitrogens with one attached hydrogen (secondary N) is 2. The first-order valence-electron chi connectivity index (χ1n) is 7.36. The number of benzene rings is 1. The van der Waals surface area contributed by atoms with E-state index in [1.807, 2.05) is 30.5 Å². The van der Waals surface area contributed by atoms with E-state index < -0.39 is 0 Å². The van der Waals surface area contributed by atoms with Crippen molar-refractivity contribution in [2.45, 2.75) is 19.4 Å². The molecule has 0 saturated heterocycles. The maximum absolute atomic E-state index is 11.2. The maximum Gasteiger partial charge on any atom is 0.309 e. The van der Waals surface area contributed by atoms with Crippen LogP contribution in [0.2, 0.25) is 0 Å². The number of aromatic nitrogens is 1. The smallest absolute Gasteiger partial charge is 0.309 e. The van der Waals surface area contributed by atoms with Crippen LogP contribution in [0, 0.1) is 0 Å². The molecule has 0 fully saturated rings. The van der Waals surface area contributed by atoms with Crippen LogP contribution in [0.25, 0.3) is 0 Å². The Morgan fingerprint density at radius 2 is 2.14 bits per heavy atom. The first kappa shape index (κ1) is 14.5. The van der Waals surface area contributed by atoms with Gasteiger partial charge in [0.25, 0.3) is 0 Å². The number of hydrogen-bond acceptors (Lipinski definition) is 5. The number of hydrogen-bond donors (Lipinski definition) is 2. The van der Waals surface area contributed by atoms with Crippen molar-refractivity contribution in [1.82, 2.24) is 10.3 Å². The number of carbonyl (C=O) groups is 1. The van der Waals surface area contributed by atoms with Crippen molar-refractivity contribution in [3.8, 4) is 0 Å². The predicted octanol–water partition coefficient (Wildman–Crippen LogP) is 2.19. The Morgan fingerprint density at radius 1 is 1.32 bits per heavy atom. The number of rotatable bonds is 4. The van der Waals surface area contributed by atoms with E-state index in [-0.39, 0.29) is 5.97 Å². The second kappa shape index (κ2) is 6.58. The molecule has 3 rings (SSSR count). The minimum absolute atomic E-state index is 0.232. The van der Waals surface area contributed by atoms with Crippen LogP contribution < -0.4 is 10.6 Å². The lowest BCUT2D eigenvalue weighted by Gasteiger charge is -2.17. The van der Waals surface area contributed by atoms with Crippen LogP contribution in [0.5, 0.6) is 0 Å². The highest BCUT2D eigenvalue weighted by Gasteiger charge is 2.10. The summed E-state index contributed by atoms with van der Waals surface area (Å²) in [7, 11) is 1.40. The molecular weight excluding hydrogens is 278 g/mol. The second-order valence-corrected chi connectivity index (χ2v) is 5.34. The largest absolute Gasteiger partial charge is 0.469 e. The van der Waals surface area contributed by atoms with E-state index in [2.05, 4.69) is 26.4 Å². The van der Waals surface area contributed by atoms with Gasteiger partial charge in [-0.1, -0.05) is 12.1 Å². The molecule has 0 unspecified atom stereocenters. The standard InChI is InChI=1S/C17H19N3O2/c1-22-17(21)8-12-2-4-15(5-3-12)20-16-9-14-10-18-7-6-13(14)11-19-16/h2-5,9,11,18H,6-8,10H2,1H3,(H,19,20). The number of esters is 1. The molecule has 0 spiro atoms. The lowest BCUT2D eigenvalue weighted by molar-refractivity contribution is -0.139. The highest BCUT2D eigenvalue weighted by Crippen LogP contribution is 2.20. The van der Waals surface area contributed by atoms with E-state index in [1.54, 1.807) is 0 Å². The summed E-state index contributed by atoms with van der Waals surface area (Å²) in [5.74, 6) is 0.604. The third-order valence-electron chi connectivity index (χ3n) is 3.77. The number of pyridine rings is 1. The fourth-order valence-corrected chi connectivity index (χ4v) is 2.52. The van der Waals surface area contributed by atoms with Gasteiger partial charge in [-0.2, -0.15) is 0 Å². The van der Waals surface area contributed by atoms with E-state index in [9.17, 15) is 4.79 Å². The average Bonchev–Trinajstić information content (AvgIpc) is 2.56. The molecule has 2 aromatic rings. The Bertz CT molecular complexity index is 668. The quantitative estimate of drug-likeness (QED) is 0.847. The Kier molecular flexibility index (Phi) is 4.34. The minimum Gasteiger partial charge on any atom is -0.469 e. The molecule has 1 aliphatic rings. The number of methoxy groups -OCH3 is 1. The van der Waals surface area contributed by atoms with Crippen LogP contribution in [-0.4, -0.2) is 24.6 Å². The number of nitrogens with zero attached hydrogens (tertiary/aromatic N) is 1. The van der Waals surface area contributed by atoms with Crippen molar-refractivity contribution in [3.63, 3.8) is 0 Å². The van der Waals surface area contributed by atoms with Gasteiger partial charge in [0.15, 0.2) is 0 Å². The van der Waals surface area contributed by atoms with Gasteiger partial charge in [0.2, 0.25) is 0 Å². The molecule has 0 amide bonds. The number of fused-ring (bicyclic) bond motifs is 1. The number of carbonyl (C=O) groups excluding carboxylic acids is 1. The molecule has 1 aliphatic heterocycles. The van der Waals surface area contributed by atoms with Crippen molar-refractivity contribution in [2.24, 2.45) is 0 Å². The molecule has 0 aliphatic carbocycles. The molecule has 5 nitrogen and oxygen atoms in total. The van der Waals surface area contributed by atoms with Crippen molar-refractivity contribution in [2.75, 3.05) is 19.0 Å². The van der Waals surface area contributed by atoms with Gasteiger partial charge in [0.05, 0.1) is 13.5 Å². The summed E-state index contributed by atoms with van der Waals surface area (Å²) in [6.45, 7) is 1.91. The summed E-state index contributed by atoms with van der Waals surface area (Å²) in [5.41, 5.74) is 4.49. The molecule has 1 aromatic heterocycles. The van der Waals surface area contributed by atoms with Crippen molar-refractivity contribution in [1.29, 1.82) is 0 Å². The van der Waals surface area contributed by atoms with Gasteiger partial charge in [-0.25, -0.2) is 4.98 Å². The summed E-state index contributed by atoms with van der Waals surface area (Å²) in [4.78, 5) is 15.7. The third-order valence-corrected chi connectivity index (χ3v) is 3.77. The molecule has 0 bridgehead atoms. The van der Waals surface area contributed by atoms with Gasteiger partial charge < -0.3 is 15.4 Å². The molecule has 0 radical (unpaired) electrons. The Hall–Kier alpha value is -2.40. The zero-order valence-corrected chi connectivity index (χ0v) is 12.6.